The maximum atomic E-state index is 10.8. The Balaban J connectivity index is 1.74. The van der Waals surface area contributed by atoms with Gasteiger partial charge < -0.3 is 10.4 Å². The average molecular weight is 350 g/mol. The lowest BCUT2D eigenvalue weighted by atomic mass is 10.1. The number of halogens is 1. The van der Waals surface area contributed by atoms with E-state index in [9.17, 15) is 5.11 Å². The lowest BCUT2D eigenvalue weighted by molar-refractivity contribution is 0.448. The predicted molar refractivity (Wildman–Crippen MR) is 102 cm³/mol. The van der Waals surface area contributed by atoms with E-state index in [1.807, 2.05) is 60.8 Å². The van der Waals surface area contributed by atoms with Gasteiger partial charge in [-0.15, -0.1) is 0 Å². The van der Waals surface area contributed by atoms with E-state index in [4.69, 9.17) is 11.6 Å². The normalized spacial score (nSPS) is 10.9. The molecular weight excluding hydrogens is 334 g/mol. The molecule has 0 spiro atoms. The molecule has 2 aromatic heterocycles. The first-order valence-electron chi connectivity index (χ1n) is 7.94. The summed E-state index contributed by atoms with van der Waals surface area (Å²) in [5.74, 6) is 0.190. The largest absolute Gasteiger partial charge is 0.494 e. The van der Waals surface area contributed by atoms with Gasteiger partial charge in [0.25, 0.3) is 0 Å². The van der Waals surface area contributed by atoms with Gasteiger partial charge in [-0.3, -0.25) is 9.55 Å². The summed E-state index contributed by atoms with van der Waals surface area (Å²) in [5, 5.41) is 16.5. The molecule has 0 fully saturated rings. The molecule has 0 aliphatic heterocycles. The molecule has 0 bridgehead atoms. The highest BCUT2D eigenvalue weighted by atomic mass is 35.5. The second kappa shape index (κ2) is 6.49. The van der Waals surface area contributed by atoms with Crippen molar-refractivity contribution in [3.8, 4) is 11.6 Å². The van der Waals surface area contributed by atoms with E-state index in [2.05, 4.69) is 10.3 Å². The zero-order valence-corrected chi connectivity index (χ0v) is 14.1. The second-order valence-electron chi connectivity index (χ2n) is 5.78. The first-order valence-corrected chi connectivity index (χ1v) is 8.32. The molecule has 4 rings (SSSR count). The molecule has 0 radical (unpaired) electrons. The van der Waals surface area contributed by atoms with Gasteiger partial charge in [-0.25, -0.2) is 0 Å². The van der Waals surface area contributed by atoms with Gasteiger partial charge >= 0.3 is 0 Å². The van der Waals surface area contributed by atoms with Gasteiger partial charge in [-0.05, 0) is 42.0 Å². The van der Waals surface area contributed by atoms with Crippen molar-refractivity contribution >= 4 is 28.1 Å². The van der Waals surface area contributed by atoms with Gasteiger partial charge in [0.15, 0.2) is 0 Å². The number of pyridine rings is 1. The molecule has 0 aliphatic carbocycles. The van der Waals surface area contributed by atoms with Crippen LogP contribution in [0.3, 0.4) is 0 Å². The minimum absolute atomic E-state index is 0.190. The molecule has 5 heteroatoms. The highest BCUT2D eigenvalue weighted by molar-refractivity contribution is 6.30. The molecule has 0 atom stereocenters. The molecule has 0 saturated carbocycles. The van der Waals surface area contributed by atoms with Crippen molar-refractivity contribution in [1.82, 2.24) is 9.55 Å². The van der Waals surface area contributed by atoms with Crippen LogP contribution in [0, 0.1) is 0 Å². The molecule has 124 valence electrons. The van der Waals surface area contributed by atoms with Gasteiger partial charge in [0.05, 0.1) is 5.39 Å². The Hall–Kier alpha value is -2.98. The monoisotopic (exact) mass is 349 g/mol. The molecule has 25 heavy (non-hydrogen) atoms. The van der Waals surface area contributed by atoms with Gasteiger partial charge in [0, 0.05) is 46.9 Å². The van der Waals surface area contributed by atoms with Crippen LogP contribution in [-0.4, -0.2) is 14.7 Å². The number of rotatable bonds is 4. The Kier molecular flexibility index (Phi) is 4.04. The lowest BCUT2D eigenvalue weighted by Crippen LogP contribution is -1.99. The van der Waals surface area contributed by atoms with Crippen LogP contribution in [0.25, 0.3) is 16.5 Å². The van der Waals surface area contributed by atoms with Crippen LogP contribution in [0.2, 0.25) is 5.02 Å². The quantitative estimate of drug-likeness (QED) is 0.545. The third kappa shape index (κ3) is 3.04. The summed E-state index contributed by atoms with van der Waals surface area (Å²) in [6.45, 7) is 0.656. The number of aromatic nitrogens is 2. The fourth-order valence-corrected chi connectivity index (χ4v) is 3.10. The van der Waals surface area contributed by atoms with E-state index in [1.54, 1.807) is 17.0 Å². The molecule has 4 nitrogen and oxygen atoms in total. The molecule has 0 aliphatic rings. The van der Waals surface area contributed by atoms with E-state index < -0.39 is 0 Å². The van der Waals surface area contributed by atoms with Gasteiger partial charge in [0.1, 0.15) is 0 Å². The van der Waals surface area contributed by atoms with E-state index in [-0.39, 0.29) is 5.88 Å². The van der Waals surface area contributed by atoms with Crippen molar-refractivity contribution in [1.29, 1.82) is 0 Å². The van der Waals surface area contributed by atoms with Crippen molar-refractivity contribution in [3.63, 3.8) is 0 Å². The van der Waals surface area contributed by atoms with E-state index in [0.717, 1.165) is 27.7 Å². The summed E-state index contributed by atoms with van der Waals surface area (Å²) < 4.78 is 1.74. The van der Waals surface area contributed by atoms with Crippen LogP contribution in [0.15, 0.2) is 73.2 Å². The van der Waals surface area contributed by atoms with Crippen molar-refractivity contribution in [2.75, 3.05) is 5.32 Å². The van der Waals surface area contributed by atoms with Crippen molar-refractivity contribution in [3.05, 3.63) is 83.8 Å². The summed E-state index contributed by atoms with van der Waals surface area (Å²) in [6, 6.07) is 17.3. The second-order valence-corrected chi connectivity index (χ2v) is 6.22. The van der Waals surface area contributed by atoms with Crippen LogP contribution in [0.4, 0.5) is 5.69 Å². The van der Waals surface area contributed by atoms with E-state index >= 15 is 0 Å². The maximum Gasteiger partial charge on any atom is 0.205 e. The van der Waals surface area contributed by atoms with Crippen LogP contribution in [0.5, 0.6) is 5.88 Å². The number of hydrogen-bond donors (Lipinski definition) is 2. The number of nitrogens with zero attached hydrogens (tertiary/aromatic N) is 2. The number of fused-ring (bicyclic) bond motifs is 1. The minimum atomic E-state index is 0.190. The Morgan fingerprint density at radius 2 is 1.84 bits per heavy atom. The first kappa shape index (κ1) is 15.5. The molecule has 0 saturated heterocycles. The predicted octanol–water partition coefficient (Wildman–Crippen LogP) is 5.00. The Morgan fingerprint density at radius 3 is 2.64 bits per heavy atom. The van der Waals surface area contributed by atoms with E-state index in [1.165, 1.54) is 0 Å². The third-order valence-corrected chi connectivity index (χ3v) is 4.37. The minimum Gasteiger partial charge on any atom is -0.494 e. The van der Waals surface area contributed by atoms with Crippen LogP contribution in [0.1, 0.15) is 5.56 Å². The van der Waals surface area contributed by atoms with Crippen molar-refractivity contribution in [2.24, 2.45) is 0 Å². The number of anilines is 1. The van der Waals surface area contributed by atoms with Gasteiger partial charge in [-0.2, -0.15) is 0 Å². The van der Waals surface area contributed by atoms with E-state index in [0.29, 0.717) is 11.6 Å². The number of nitrogens with one attached hydrogen (secondary N) is 1. The zero-order chi connectivity index (χ0) is 17.2. The summed E-state index contributed by atoms with van der Waals surface area (Å²) in [6.07, 6.45) is 5.45. The standard InChI is InChI=1S/C20H16ClN3O/c21-16-4-2-5-17(11-16)24-13-15-3-1-6-18(19(15)20(24)25)23-12-14-7-9-22-10-8-14/h1-11,13,23,25H,12H2. The summed E-state index contributed by atoms with van der Waals surface area (Å²) in [7, 11) is 0. The number of benzene rings is 2. The molecule has 2 heterocycles. The average Bonchev–Trinajstić information content (AvgIpc) is 2.98. The topological polar surface area (TPSA) is 50.1 Å². The number of aromatic hydroxyl groups is 1. The fraction of sp³-hybridized carbons (Fsp3) is 0.0500. The molecule has 0 unspecified atom stereocenters. The maximum absolute atomic E-state index is 10.8. The summed E-state index contributed by atoms with van der Waals surface area (Å²) in [4.78, 5) is 4.03. The number of hydrogen-bond acceptors (Lipinski definition) is 3. The molecular formula is C20H16ClN3O. The molecule has 2 aromatic carbocycles. The van der Waals surface area contributed by atoms with Gasteiger partial charge in [0.2, 0.25) is 5.88 Å². The SMILES string of the molecule is Oc1c2c(NCc3ccncc3)cccc2cn1-c1cccc(Cl)c1. The highest BCUT2D eigenvalue weighted by Gasteiger charge is 2.13. The smallest absolute Gasteiger partial charge is 0.205 e. The van der Waals surface area contributed by atoms with Crippen molar-refractivity contribution in [2.45, 2.75) is 6.54 Å². The first-order chi connectivity index (χ1) is 12.2. The van der Waals surface area contributed by atoms with Crippen molar-refractivity contribution < 1.29 is 5.11 Å². The zero-order valence-electron chi connectivity index (χ0n) is 13.4. The Labute approximate surface area is 150 Å². The molecule has 0 amide bonds. The molecule has 2 N–H and O–H groups in total. The van der Waals surface area contributed by atoms with Crippen LogP contribution >= 0.6 is 11.6 Å². The Morgan fingerprint density at radius 1 is 1.04 bits per heavy atom. The van der Waals surface area contributed by atoms with Gasteiger partial charge in [-0.1, -0.05) is 29.8 Å². The molecule has 4 aromatic rings. The summed E-state index contributed by atoms with van der Waals surface area (Å²) in [5.41, 5.74) is 2.83. The third-order valence-electron chi connectivity index (χ3n) is 4.14. The summed E-state index contributed by atoms with van der Waals surface area (Å²) >= 11 is 6.08. The van der Waals surface area contributed by atoms with Crippen LogP contribution < -0.4 is 5.32 Å². The highest BCUT2D eigenvalue weighted by Crippen LogP contribution is 2.36. The lowest BCUT2D eigenvalue weighted by Gasteiger charge is -2.09. The Bertz CT molecular complexity index is 1030. The van der Waals surface area contributed by atoms with Crippen LogP contribution in [-0.2, 0) is 6.54 Å². The fourth-order valence-electron chi connectivity index (χ4n) is 2.92.